The number of amides is 3. The predicted molar refractivity (Wildman–Crippen MR) is 82.2 cm³/mol. The van der Waals surface area contributed by atoms with Crippen LogP contribution in [0.2, 0.25) is 0 Å². The molecule has 120 valence electrons. The van der Waals surface area contributed by atoms with Gasteiger partial charge >= 0.3 is 6.09 Å². The second kappa shape index (κ2) is 7.44. The van der Waals surface area contributed by atoms with Crippen molar-refractivity contribution in [2.24, 2.45) is 5.41 Å². The molecule has 0 aromatic heterocycles. The summed E-state index contributed by atoms with van der Waals surface area (Å²) in [5, 5.41) is 2.73. The SMILES string of the molecule is CCOC(=O)NNC(=O)c1cccc(NC(=O)C(C)(C)C)c1. The van der Waals surface area contributed by atoms with E-state index in [1.54, 1.807) is 45.9 Å². The number of nitrogens with one attached hydrogen (secondary N) is 3. The van der Waals surface area contributed by atoms with Crippen LogP contribution in [0.15, 0.2) is 24.3 Å². The molecule has 0 atom stereocenters. The molecule has 0 heterocycles. The van der Waals surface area contributed by atoms with Crippen molar-refractivity contribution in [1.29, 1.82) is 0 Å². The fourth-order valence-corrected chi connectivity index (χ4v) is 1.40. The summed E-state index contributed by atoms with van der Waals surface area (Å²) in [4.78, 5) is 34.9. The lowest BCUT2D eigenvalue weighted by Gasteiger charge is -2.18. The smallest absolute Gasteiger partial charge is 0.426 e. The highest BCUT2D eigenvalue weighted by molar-refractivity contribution is 5.98. The molecule has 22 heavy (non-hydrogen) atoms. The van der Waals surface area contributed by atoms with E-state index in [2.05, 4.69) is 20.9 Å². The number of anilines is 1. The third kappa shape index (κ3) is 5.43. The molecule has 3 N–H and O–H groups in total. The maximum Gasteiger partial charge on any atom is 0.426 e. The van der Waals surface area contributed by atoms with Gasteiger partial charge in [0.05, 0.1) is 6.61 Å². The van der Waals surface area contributed by atoms with Crippen LogP contribution in [-0.2, 0) is 9.53 Å². The first-order valence-electron chi connectivity index (χ1n) is 6.88. The summed E-state index contributed by atoms with van der Waals surface area (Å²) in [7, 11) is 0. The zero-order valence-electron chi connectivity index (χ0n) is 13.1. The molecule has 0 radical (unpaired) electrons. The molecule has 0 fully saturated rings. The minimum absolute atomic E-state index is 0.158. The molecule has 1 aromatic rings. The van der Waals surface area contributed by atoms with E-state index in [1.165, 1.54) is 6.07 Å². The van der Waals surface area contributed by atoms with E-state index in [0.29, 0.717) is 11.3 Å². The van der Waals surface area contributed by atoms with Crippen molar-refractivity contribution in [2.45, 2.75) is 27.7 Å². The molecular weight excluding hydrogens is 286 g/mol. The number of hydrazine groups is 1. The van der Waals surface area contributed by atoms with Crippen molar-refractivity contribution in [3.8, 4) is 0 Å². The molecule has 0 unspecified atom stereocenters. The summed E-state index contributed by atoms with van der Waals surface area (Å²) in [5.41, 5.74) is 4.60. The van der Waals surface area contributed by atoms with Gasteiger partial charge in [-0.1, -0.05) is 26.8 Å². The van der Waals surface area contributed by atoms with Gasteiger partial charge in [0.1, 0.15) is 0 Å². The largest absolute Gasteiger partial charge is 0.449 e. The monoisotopic (exact) mass is 307 g/mol. The Balaban J connectivity index is 2.69. The van der Waals surface area contributed by atoms with Crippen molar-refractivity contribution < 1.29 is 19.1 Å². The highest BCUT2D eigenvalue weighted by atomic mass is 16.5. The van der Waals surface area contributed by atoms with Crippen LogP contribution in [0.4, 0.5) is 10.5 Å². The maximum absolute atomic E-state index is 11.9. The molecule has 0 aliphatic carbocycles. The third-order valence-electron chi connectivity index (χ3n) is 2.62. The van der Waals surface area contributed by atoms with Crippen molar-refractivity contribution >= 4 is 23.6 Å². The molecule has 3 amide bonds. The first kappa shape index (κ1) is 17.5. The van der Waals surface area contributed by atoms with Crippen LogP contribution in [-0.4, -0.2) is 24.5 Å². The van der Waals surface area contributed by atoms with Crippen LogP contribution in [0.1, 0.15) is 38.1 Å². The maximum atomic E-state index is 11.9. The van der Waals surface area contributed by atoms with E-state index in [4.69, 9.17) is 0 Å². The average Bonchev–Trinajstić information content (AvgIpc) is 2.44. The van der Waals surface area contributed by atoms with Gasteiger partial charge in [0.25, 0.3) is 5.91 Å². The Kier molecular flexibility index (Phi) is 5.91. The summed E-state index contributed by atoms with van der Waals surface area (Å²) in [6.07, 6.45) is -0.743. The first-order valence-corrected chi connectivity index (χ1v) is 6.88. The van der Waals surface area contributed by atoms with E-state index in [0.717, 1.165) is 0 Å². The topological polar surface area (TPSA) is 96.5 Å². The van der Waals surface area contributed by atoms with Crippen LogP contribution < -0.4 is 16.2 Å². The van der Waals surface area contributed by atoms with Crippen molar-refractivity contribution in [3.05, 3.63) is 29.8 Å². The van der Waals surface area contributed by atoms with Gasteiger partial charge in [0, 0.05) is 16.7 Å². The van der Waals surface area contributed by atoms with Gasteiger partial charge in [-0.15, -0.1) is 0 Å². The standard InChI is InChI=1S/C15H21N3O4/c1-5-22-14(21)18-17-12(19)10-7-6-8-11(9-10)16-13(20)15(2,3)4/h6-9H,5H2,1-4H3,(H,16,20)(H,17,19)(H,18,21). The van der Waals surface area contributed by atoms with Crippen molar-refractivity contribution in [2.75, 3.05) is 11.9 Å². The van der Waals surface area contributed by atoms with E-state index in [-0.39, 0.29) is 12.5 Å². The predicted octanol–water partition coefficient (Wildman–Crippen LogP) is 2.06. The van der Waals surface area contributed by atoms with Gasteiger partial charge in [0.2, 0.25) is 5.91 Å². The summed E-state index contributed by atoms with van der Waals surface area (Å²) < 4.78 is 4.62. The number of carbonyl (C=O) groups is 3. The zero-order valence-corrected chi connectivity index (χ0v) is 13.1. The van der Waals surface area contributed by atoms with Crippen LogP contribution in [0.5, 0.6) is 0 Å². The molecule has 7 heteroatoms. The highest BCUT2D eigenvalue weighted by Gasteiger charge is 2.21. The highest BCUT2D eigenvalue weighted by Crippen LogP contribution is 2.18. The summed E-state index contributed by atoms with van der Waals surface area (Å²) in [6.45, 7) is 7.24. The Bertz CT molecular complexity index is 564. The molecule has 0 saturated carbocycles. The minimum Gasteiger partial charge on any atom is -0.449 e. The zero-order chi connectivity index (χ0) is 16.8. The number of rotatable bonds is 3. The van der Waals surface area contributed by atoms with Gasteiger partial charge in [0.15, 0.2) is 0 Å². The number of benzene rings is 1. The van der Waals surface area contributed by atoms with Crippen LogP contribution in [0.3, 0.4) is 0 Å². The van der Waals surface area contributed by atoms with Gasteiger partial charge in [-0.25, -0.2) is 10.2 Å². The molecule has 0 aliphatic heterocycles. The third-order valence-corrected chi connectivity index (χ3v) is 2.62. The van der Waals surface area contributed by atoms with Crippen molar-refractivity contribution in [3.63, 3.8) is 0 Å². The summed E-state index contributed by atoms with van der Waals surface area (Å²) in [6, 6.07) is 6.40. The Labute approximate surface area is 129 Å². The fraction of sp³-hybridized carbons (Fsp3) is 0.400. The molecule has 1 rings (SSSR count). The average molecular weight is 307 g/mol. The lowest BCUT2D eigenvalue weighted by molar-refractivity contribution is -0.123. The molecule has 0 spiro atoms. The summed E-state index contributed by atoms with van der Waals surface area (Å²) in [5.74, 6) is -0.672. The van der Waals surface area contributed by atoms with Gasteiger partial charge < -0.3 is 10.1 Å². The number of ether oxygens (including phenoxy) is 1. The molecule has 0 aliphatic rings. The Hall–Kier alpha value is -2.57. The van der Waals surface area contributed by atoms with Gasteiger partial charge in [-0.05, 0) is 25.1 Å². The molecule has 0 saturated heterocycles. The number of hydrogen-bond donors (Lipinski definition) is 3. The Morgan fingerprint density at radius 2 is 1.82 bits per heavy atom. The number of carbonyl (C=O) groups excluding carboxylic acids is 3. The first-order chi connectivity index (χ1) is 10.2. The molecule has 0 bridgehead atoms. The Morgan fingerprint density at radius 1 is 1.14 bits per heavy atom. The lowest BCUT2D eigenvalue weighted by Crippen LogP contribution is -2.41. The molecular formula is C15H21N3O4. The molecule has 7 nitrogen and oxygen atoms in total. The van der Waals surface area contributed by atoms with E-state index in [1.807, 2.05) is 0 Å². The summed E-state index contributed by atoms with van der Waals surface area (Å²) >= 11 is 0. The van der Waals surface area contributed by atoms with E-state index >= 15 is 0 Å². The van der Waals surface area contributed by atoms with Crippen LogP contribution in [0, 0.1) is 5.41 Å². The van der Waals surface area contributed by atoms with Gasteiger partial charge in [-0.3, -0.25) is 15.0 Å². The normalized spacial score (nSPS) is 10.5. The fourth-order valence-electron chi connectivity index (χ4n) is 1.40. The number of hydrogen-bond acceptors (Lipinski definition) is 4. The second-order valence-electron chi connectivity index (χ2n) is 5.58. The van der Waals surface area contributed by atoms with Crippen LogP contribution >= 0.6 is 0 Å². The molecule has 1 aromatic carbocycles. The quantitative estimate of drug-likeness (QED) is 0.745. The van der Waals surface area contributed by atoms with Crippen molar-refractivity contribution in [1.82, 2.24) is 10.9 Å². The van der Waals surface area contributed by atoms with Crippen LogP contribution in [0.25, 0.3) is 0 Å². The second-order valence-corrected chi connectivity index (χ2v) is 5.58. The Morgan fingerprint density at radius 3 is 2.41 bits per heavy atom. The van der Waals surface area contributed by atoms with E-state index < -0.39 is 17.4 Å². The minimum atomic E-state index is -0.743. The lowest BCUT2D eigenvalue weighted by atomic mass is 9.95. The van der Waals surface area contributed by atoms with Gasteiger partial charge in [-0.2, -0.15) is 0 Å². The van der Waals surface area contributed by atoms with E-state index in [9.17, 15) is 14.4 Å².